The molecule has 0 saturated carbocycles. The summed E-state index contributed by atoms with van der Waals surface area (Å²) in [5, 5.41) is 5.91. The van der Waals surface area contributed by atoms with Crippen LogP contribution in [0, 0.1) is 6.92 Å². The van der Waals surface area contributed by atoms with Crippen LogP contribution in [-0.2, 0) is 0 Å². The Labute approximate surface area is 156 Å². The molecule has 3 rings (SSSR count). The van der Waals surface area contributed by atoms with Gasteiger partial charge in [0.05, 0.1) is 10.7 Å². The number of halogens is 1. The van der Waals surface area contributed by atoms with Crippen molar-refractivity contribution in [2.45, 2.75) is 6.92 Å². The van der Waals surface area contributed by atoms with Crippen molar-refractivity contribution < 1.29 is 9.59 Å². The van der Waals surface area contributed by atoms with Crippen molar-refractivity contribution in [3.05, 3.63) is 94.5 Å². The van der Waals surface area contributed by atoms with Crippen molar-refractivity contribution in [1.82, 2.24) is 0 Å². The fourth-order valence-electron chi connectivity index (χ4n) is 2.47. The molecule has 0 atom stereocenters. The normalized spacial score (nSPS) is 10.2. The molecule has 0 unspecified atom stereocenters. The highest BCUT2D eigenvalue weighted by Gasteiger charge is 2.10. The zero-order valence-electron chi connectivity index (χ0n) is 14.1. The molecule has 5 heteroatoms. The predicted molar refractivity (Wildman–Crippen MR) is 105 cm³/mol. The molecule has 0 radical (unpaired) electrons. The van der Waals surface area contributed by atoms with E-state index in [4.69, 9.17) is 11.6 Å². The topological polar surface area (TPSA) is 58.2 Å². The van der Waals surface area contributed by atoms with Gasteiger partial charge in [0.25, 0.3) is 11.8 Å². The Kier molecular flexibility index (Phi) is 5.34. The number of carbonyl (C=O) groups is 2. The maximum atomic E-state index is 12.3. The SMILES string of the molecule is Cc1cccc(C(=O)Nc2ccc(NC(=O)c3ccccc3)c(Cl)c2)c1. The molecule has 0 fully saturated rings. The summed E-state index contributed by atoms with van der Waals surface area (Å²) in [6.45, 7) is 1.93. The van der Waals surface area contributed by atoms with Crippen molar-refractivity contribution in [1.29, 1.82) is 0 Å². The van der Waals surface area contributed by atoms with E-state index in [1.165, 1.54) is 0 Å². The minimum absolute atomic E-state index is 0.217. The first-order chi connectivity index (χ1) is 12.5. The van der Waals surface area contributed by atoms with Gasteiger partial charge in [0.15, 0.2) is 0 Å². The fraction of sp³-hybridized carbons (Fsp3) is 0.0476. The van der Waals surface area contributed by atoms with Crippen LogP contribution >= 0.6 is 11.6 Å². The number of anilines is 2. The quantitative estimate of drug-likeness (QED) is 0.672. The monoisotopic (exact) mass is 364 g/mol. The molecule has 0 saturated heterocycles. The second-order valence-corrected chi connectivity index (χ2v) is 6.25. The Morgan fingerprint density at radius 1 is 0.769 bits per heavy atom. The van der Waals surface area contributed by atoms with Crippen LogP contribution in [0.3, 0.4) is 0 Å². The lowest BCUT2D eigenvalue weighted by Gasteiger charge is -2.10. The Bertz CT molecular complexity index is 955. The van der Waals surface area contributed by atoms with Gasteiger partial charge in [-0.3, -0.25) is 9.59 Å². The first-order valence-electron chi connectivity index (χ1n) is 8.07. The third kappa shape index (κ3) is 4.29. The molecule has 2 N–H and O–H groups in total. The average molecular weight is 365 g/mol. The summed E-state index contributed by atoms with van der Waals surface area (Å²) in [6, 6.07) is 21.2. The number of rotatable bonds is 4. The lowest BCUT2D eigenvalue weighted by Crippen LogP contribution is -2.13. The maximum absolute atomic E-state index is 12.3. The highest BCUT2D eigenvalue weighted by atomic mass is 35.5. The maximum Gasteiger partial charge on any atom is 0.255 e. The Balaban J connectivity index is 1.71. The van der Waals surface area contributed by atoms with Crippen LogP contribution in [0.4, 0.5) is 11.4 Å². The van der Waals surface area contributed by atoms with E-state index in [0.29, 0.717) is 27.5 Å². The lowest BCUT2D eigenvalue weighted by molar-refractivity contribution is 0.101. The fourth-order valence-corrected chi connectivity index (χ4v) is 2.70. The molecule has 3 aromatic rings. The highest BCUT2D eigenvalue weighted by Crippen LogP contribution is 2.26. The summed E-state index contributed by atoms with van der Waals surface area (Å²) in [6.07, 6.45) is 0. The Morgan fingerprint density at radius 3 is 2.15 bits per heavy atom. The van der Waals surface area contributed by atoms with Gasteiger partial charge in [-0.05, 0) is 49.4 Å². The van der Waals surface area contributed by atoms with E-state index < -0.39 is 0 Å². The zero-order chi connectivity index (χ0) is 18.5. The lowest BCUT2D eigenvalue weighted by atomic mass is 10.1. The third-order valence-corrected chi connectivity index (χ3v) is 4.10. The summed E-state index contributed by atoms with van der Waals surface area (Å²) < 4.78 is 0. The molecule has 0 aliphatic heterocycles. The van der Waals surface area contributed by atoms with Crippen LogP contribution in [0.15, 0.2) is 72.8 Å². The largest absolute Gasteiger partial charge is 0.322 e. The summed E-state index contributed by atoms with van der Waals surface area (Å²) in [5.41, 5.74) is 3.16. The van der Waals surface area contributed by atoms with Gasteiger partial charge in [0.1, 0.15) is 0 Å². The standard InChI is InChI=1S/C21H17ClN2O2/c1-14-6-5-9-16(12-14)21(26)23-17-10-11-19(18(22)13-17)24-20(25)15-7-3-2-4-8-15/h2-13H,1H3,(H,23,26)(H,24,25). The second kappa shape index (κ2) is 7.85. The molecular formula is C21H17ClN2O2. The minimum Gasteiger partial charge on any atom is -0.322 e. The number of benzene rings is 3. The van der Waals surface area contributed by atoms with Crippen LogP contribution in [0.1, 0.15) is 26.3 Å². The zero-order valence-corrected chi connectivity index (χ0v) is 14.9. The molecule has 130 valence electrons. The average Bonchev–Trinajstić information content (AvgIpc) is 2.64. The van der Waals surface area contributed by atoms with E-state index in [-0.39, 0.29) is 11.8 Å². The van der Waals surface area contributed by atoms with Gasteiger partial charge >= 0.3 is 0 Å². The van der Waals surface area contributed by atoms with Gasteiger partial charge in [-0.2, -0.15) is 0 Å². The van der Waals surface area contributed by atoms with Crippen molar-refractivity contribution in [3.8, 4) is 0 Å². The molecule has 0 aliphatic carbocycles. The van der Waals surface area contributed by atoms with Crippen molar-refractivity contribution in [2.24, 2.45) is 0 Å². The Morgan fingerprint density at radius 2 is 1.46 bits per heavy atom. The molecule has 0 aromatic heterocycles. The number of nitrogens with one attached hydrogen (secondary N) is 2. The van der Waals surface area contributed by atoms with E-state index in [9.17, 15) is 9.59 Å². The van der Waals surface area contributed by atoms with Crippen LogP contribution in [0.25, 0.3) is 0 Å². The number of hydrogen-bond acceptors (Lipinski definition) is 2. The summed E-state index contributed by atoms with van der Waals surface area (Å²) in [7, 11) is 0. The van der Waals surface area contributed by atoms with Gasteiger partial charge in [-0.15, -0.1) is 0 Å². The van der Waals surface area contributed by atoms with Crippen LogP contribution in [-0.4, -0.2) is 11.8 Å². The van der Waals surface area contributed by atoms with E-state index >= 15 is 0 Å². The van der Waals surface area contributed by atoms with Crippen molar-refractivity contribution in [3.63, 3.8) is 0 Å². The first-order valence-corrected chi connectivity index (χ1v) is 8.45. The summed E-state index contributed by atoms with van der Waals surface area (Å²) in [5.74, 6) is -0.463. The molecule has 3 aromatic carbocycles. The molecule has 4 nitrogen and oxygen atoms in total. The van der Waals surface area contributed by atoms with Gasteiger partial charge < -0.3 is 10.6 Å². The number of amides is 2. The summed E-state index contributed by atoms with van der Waals surface area (Å²) in [4.78, 5) is 24.5. The predicted octanol–water partition coefficient (Wildman–Crippen LogP) is 5.15. The molecular weight excluding hydrogens is 348 g/mol. The molecule has 26 heavy (non-hydrogen) atoms. The minimum atomic E-state index is -0.246. The molecule has 0 heterocycles. The van der Waals surface area contributed by atoms with Gasteiger partial charge in [0.2, 0.25) is 0 Å². The van der Waals surface area contributed by atoms with E-state index in [1.54, 1.807) is 48.5 Å². The molecule has 0 aliphatic rings. The summed E-state index contributed by atoms with van der Waals surface area (Å²) >= 11 is 6.25. The number of hydrogen-bond donors (Lipinski definition) is 2. The number of aryl methyl sites for hydroxylation is 1. The van der Waals surface area contributed by atoms with Crippen LogP contribution in [0.2, 0.25) is 5.02 Å². The number of carbonyl (C=O) groups excluding carboxylic acids is 2. The molecule has 2 amide bonds. The van der Waals surface area contributed by atoms with E-state index in [2.05, 4.69) is 10.6 Å². The second-order valence-electron chi connectivity index (χ2n) is 5.84. The van der Waals surface area contributed by atoms with Crippen molar-refractivity contribution in [2.75, 3.05) is 10.6 Å². The van der Waals surface area contributed by atoms with Crippen molar-refractivity contribution >= 4 is 34.8 Å². The smallest absolute Gasteiger partial charge is 0.255 e. The van der Waals surface area contributed by atoms with Gasteiger partial charge in [-0.1, -0.05) is 47.5 Å². The third-order valence-electron chi connectivity index (χ3n) is 3.79. The van der Waals surface area contributed by atoms with Crippen LogP contribution < -0.4 is 10.6 Å². The van der Waals surface area contributed by atoms with E-state index in [0.717, 1.165) is 5.56 Å². The van der Waals surface area contributed by atoms with Gasteiger partial charge in [-0.25, -0.2) is 0 Å². The van der Waals surface area contributed by atoms with Crippen LogP contribution in [0.5, 0.6) is 0 Å². The first kappa shape index (κ1) is 17.7. The highest BCUT2D eigenvalue weighted by molar-refractivity contribution is 6.34. The Hall–Kier alpha value is -3.11. The molecule has 0 spiro atoms. The van der Waals surface area contributed by atoms with Gasteiger partial charge in [0, 0.05) is 16.8 Å². The molecule has 0 bridgehead atoms. The van der Waals surface area contributed by atoms with E-state index in [1.807, 2.05) is 31.2 Å².